The Balaban J connectivity index is 2.19. The second kappa shape index (κ2) is 32.5. The minimum atomic E-state index is -0.644. The van der Waals surface area contributed by atoms with Crippen LogP contribution in [0, 0.1) is 0 Å². The highest BCUT2D eigenvalue weighted by Crippen LogP contribution is 2.20. The van der Waals surface area contributed by atoms with Crippen molar-refractivity contribution < 1.29 is 23.9 Å². The topological polar surface area (TPSA) is 98.9 Å². The fourth-order valence-electron chi connectivity index (χ4n) is 5.92. The summed E-state index contributed by atoms with van der Waals surface area (Å²) in [5.74, 6) is -0.831. The molecule has 0 aromatic rings. The van der Waals surface area contributed by atoms with E-state index in [1.807, 2.05) is 0 Å². The van der Waals surface area contributed by atoms with Crippen LogP contribution in [0.25, 0.3) is 0 Å². The number of unbranched alkanes of at least 4 members (excludes halogenated alkanes) is 16. The van der Waals surface area contributed by atoms with Crippen LogP contribution in [0.1, 0.15) is 168 Å². The van der Waals surface area contributed by atoms with Crippen LogP contribution in [0.3, 0.4) is 0 Å². The van der Waals surface area contributed by atoms with Crippen molar-refractivity contribution in [2.45, 2.75) is 180 Å². The molecule has 7 heteroatoms. The number of ether oxygens (including phenoxy) is 2. The van der Waals surface area contributed by atoms with Gasteiger partial charge in [-0.1, -0.05) is 127 Å². The van der Waals surface area contributed by atoms with E-state index in [9.17, 15) is 14.4 Å². The van der Waals surface area contributed by atoms with Gasteiger partial charge < -0.3 is 20.1 Å². The van der Waals surface area contributed by atoms with Gasteiger partial charge in [0.15, 0.2) is 12.2 Å². The molecule has 0 bridgehead atoms. The van der Waals surface area contributed by atoms with E-state index in [0.29, 0.717) is 12.8 Å². The highest BCUT2D eigenvalue weighted by Gasteiger charge is 2.39. The minimum absolute atomic E-state index is 0.126. The van der Waals surface area contributed by atoms with Gasteiger partial charge in [0, 0.05) is 12.8 Å². The summed E-state index contributed by atoms with van der Waals surface area (Å²) < 4.78 is 11.5. The quantitative estimate of drug-likeness (QED) is 0.0443. The Bertz CT molecular complexity index is 889. The number of nitrogens with zero attached hydrogens (tertiary/aromatic N) is 1. The Kier molecular flexibility index (Phi) is 29.4. The van der Waals surface area contributed by atoms with Crippen molar-refractivity contribution in [3.8, 4) is 0 Å². The third-order valence-electron chi connectivity index (χ3n) is 8.97. The molecule has 0 aromatic heterocycles. The van der Waals surface area contributed by atoms with Crippen molar-refractivity contribution in [3.05, 3.63) is 48.6 Å². The summed E-state index contributed by atoms with van der Waals surface area (Å²) in [6.07, 6.45) is 42.2. The smallest absolute Gasteiger partial charge is 0.306 e. The summed E-state index contributed by atoms with van der Waals surface area (Å²) in [4.78, 5) is 39.0. The molecule has 280 valence electrons. The Morgan fingerprint density at radius 3 is 1.24 bits per heavy atom. The molecule has 7 nitrogen and oxygen atoms in total. The number of likely N-dealkylation sites (tertiary alicyclic amines) is 1. The molecule has 1 fully saturated rings. The van der Waals surface area contributed by atoms with E-state index in [0.717, 1.165) is 89.9 Å². The van der Waals surface area contributed by atoms with Crippen molar-refractivity contribution in [2.24, 2.45) is 5.73 Å². The van der Waals surface area contributed by atoms with E-state index < -0.39 is 12.2 Å². The van der Waals surface area contributed by atoms with E-state index in [2.05, 4.69) is 62.5 Å². The van der Waals surface area contributed by atoms with Crippen molar-refractivity contribution in [1.29, 1.82) is 0 Å². The predicted octanol–water partition coefficient (Wildman–Crippen LogP) is 10.2. The van der Waals surface area contributed by atoms with Gasteiger partial charge in [0.1, 0.15) is 0 Å². The third-order valence-corrected chi connectivity index (χ3v) is 8.97. The zero-order valence-electron chi connectivity index (χ0n) is 31.4. The summed E-state index contributed by atoms with van der Waals surface area (Å²) in [5.41, 5.74) is 5.57. The van der Waals surface area contributed by atoms with Crippen LogP contribution in [-0.2, 0) is 23.9 Å². The zero-order chi connectivity index (χ0) is 35.6. The molecule has 1 unspecified atom stereocenters. The number of hydrogen-bond acceptors (Lipinski definition) is 6. The summed E-state index contributed by atoms with van der Waals surface area (Å²) in [6.45, 7) is 4.77. The molecule has 2 atom stereocenters. The van der Waals surface area contributed by atoms with Crippen molar-refractivity contribution >= 4 is 17.8 Å². The van der Waals surface area contributed by atoms with Crippen LogP contribution < -0.4 is 5.73 Å². The molecule has 49 heavy (non-hydrogen) atoms. The standard InChI is InChI=1S/C42H72N2O5/c1-3-5-7-9-11-13-15-17-19-21-23-25-27-29-31-33-41(46)48-38-36-44(40(45)35-43)37-39(38)49-42(47)34-32-30-28-26-24-22-20-18-16-14-12-10-8-6-4-2/h11-14,17-20,38-39H,3-10,15-16,21-37,43H2,1-2H3/b13-11-,14-12-,19-17-,20-18-/t38-,39?/m1/s1. The first-order valence-corrected chi connectivity index (χ1v) is 20.0. The summed E-state index contributed by atoms with van der Waals surface area (Å²) in [6, 6.07) is 0. The molecule has 1 saturated heterocycles. The molecule has 1 heterocycles. The number of rotatable bonds is 31. The second-order valence-electron chi connectivity index (χ2n) is 13.5. The molecule has 0 aliphatic carbocycles. The number of carbonyl (C=O) groups is 3. The molecule has 0 spiro atoms. The van der Waals surface area contributed by atoms with Crippen molar-refractivity contribution in [3.63, 3.8) is 0 Å². The third kappa shape index (κ3) is 25.9. The molecule has 1 aliphatic rings. The average molecular weight is 685 g/mol. The molecule has 1 aliphatic heterocycles. The van der Waals surface area contributed by atoms with Crippen LogP contribution in [0.2, 0.25) is 0 Å². The van der Waals surface area contributed by atoms with Gasteiger partial charge in [0.25, 0.3) is 0 Å². The Morgan fingerprint density at radius 1 is 0.531 bits per heavy atom. The number of hydrogen-bond donors (Lipinski definition) is 1. The lowest BCUT2D eigenvalue weighted by atomic mass is 10.1. The summed E-state index contributed by atoms with van der Waals surface area (Å²) in [7, 11) is 0. The summed E-state index contributed by atoms with van der Waals surface area (Å²) >= 11 is 0. The van der Waals surface area contributed by atoms with E-state index in [-0.39, 0.29) is 37.5 Å². The monoisotopic (exact) mass is 685 g/mol. The lowest BCUT2D eigenvalue weighted by molar-refractivity contribution is -0.164. The van der Waals surface area contributed by atoms with Gasteiger partial charge in [-0.2, -0.15) is 0 Å². The van der Waals surface area contributed by atoms with Crippen LogP contribution in [-0.4, -0.2) is 54.6 Å². The number of esters is 2. The number of carbonyl (C=O) groups excluding carboxylic acids is 3. The Labute approximate surface area is 300 Å². The van der Waals surface area contributed by atoms with Crippen molar-refractivity contribution in [1.82, 2.24) is 4.90 Å². The van der Waals surface area contributed by atoms with Gasteiger partial charge in [-0.3, -0.25) is 14.4 Å². The van der Waals surface area contributed by atoms with Gasteiger partial charge in [0.05, 0.1) is 19.6 Å². The van der Waals surface area contributed by atoms with Gasteiger partial charge >= 0.3 is 11.9 Å². The Hall–Kier alpha value is -2.67. The minimum Gasteiger partial charge on any atom is -0.456 e. The van der Waals surface area contributed by atoms with E-state index in [4.69, 9.17) is 15.2 Å². The maximum absolute atomic E-state index is 12.6. The normalized spacial score (nSPS) is 16.6. The fraction of sp³-hybridized carbons (Fsp3) is 0.738. The second-order valence-corrected chi connectivity index (χ2v) is 13.5. The highest BCUT2D eigenvalue weighted by atomic mass is 16.6. The molecular weight excluding hydrogens is 612 g/mol. The highest BCUT2D eigenvalue weighted by molar-refractivity contribution is 5.79. The van der Waals surface area contributed by atoms with Gasteiger partial charge in [0.2, 0.25) is 5.91 Å². The summed E-state index contributed by atoms with van der Waals surface area (Å²) in [5, 5.41) is 0. The van der Waals surface area contributed by atoms with Crippen molar-refractivity contribution in [2.75, 3.05) is 19.6 Å². The molecular formula is C42H72N2O5. The number of allylic oxidation sites excluding steroid dienone is 8. The average Bonchev–Trinajstić information content (AvgIpc) is 3.49. The van der Waals surface area contributed by atoms with E-state index in [1.165, 1.54) is 56.3 Å². The van der Waals surface area contributed by atoms with Crippen LogP contribution in [0.5, 0.6) is 0 Å². The SMILES string of the molecule is CCCCC/C=C\C/C=C\CCCCCCCC(=O)OC1CN(C(=O)CN)C[C@H]1OC(=O)CCCCCCC/C=C\C/C=C\CCCCC. The molecule has 0 saturated carbocycles. The first-order chi connectivity index (χ1) is 24.0. The van der Waals surface area contributed by atoms with Gasteiger partial charge in [-0.25, -0.2) is 0 Å². The fourth-order valence-corrected chi connectivity index (χ4v) is 5.92. The first-order valence-electron chi connectivity index (χ1n) is 20.0. The lowest BCUT2D eigenvalue weighted by Gasteiger charge is -2.19. The number of amides is 1. The van der Waals surface area contributed by atoms with Crippen LogP contribution in [0.15, 0.2) is 48.6 Å². The van der Waals surface area contributed by atoms with E-state index >= 15 is 0 Å². The zero-order valence-corrected chi connectivity index (χ0v) is 31.4. The van der Waals surface area contributed by atoms with Crippen LogP contribution >= 0.6 is 0 Å². The van der Waals surface area contributed by atoms with Crippen LogP contribution in [0.4, 0.5) is 0 Å². The maximum Gasteiger partial charge on any atom is 0.306 e. The molecule has 1 amide bonds. The maximum atomic E-state index is 12.6. The van der Waals surface area contributed by atoms with Gasteiger partial charge in [-0.05, 0) is 77.0 Å². The molecule has 1 rings (SSSR count). The first kappa shape index (κ1) is 44.4. The number of nitrogens with two attached hydrogens (primary N) is 1. The predicted molar refractivity (Wildman–Crippen MR) is 204 cm³/mol. The van der Waals surface area contributed by atoms with Gasteiger partial charge in [-0.15, -0.1) is 0 Å². The largest absolute Gasteiger partial charge is 0.456 e. The molecule has 0 radical (unpaired) electrons. The lowest BCUT2D eigenvalue weighted by Crippen LogP contribution is -2.35. The Morgan fingerprint density at radius 2 is 0.878 bits per heavy atom. The molecule has 2 N–H and O–H groups in total. The molecule has 0 aromatic carbocycles. The van der Waals surface area contributed by atoms with E-state index in [1.54, 1.807) is 0 Å².